The fraction of sp³-hybridized carbons (Fsp3) is 0.333. The average molecular weight is 679 g/mol. The van der Waals surface area contributed by atoms with Crippen molar-refractivity contribution in [2.24, 2.45) is 16.6 Å². The first-order valence-electron chi connectivity index (χ1n) is 12.9. The van der Waals surface area contributed by atoms with Gasteiger partial charge in [-0.05, 0) is 60.5 Å². The predicted molar refractivity (Wildman–Crippen MR) is 169 cm³/mol. The summed E-state index contributed by atoms with van der Waals surface area (Å²) >= 11 is 0. The molecule has 0 bridgehead atoms. The lowest BCUT2D eigenvalue weighted by Crippen LogP contribution is -2.34. The Kier molecular flexibility index (Phi) is 15.6. The topological polar surface area (TPSA) is 177 Å². The Balaban J connectivity index is 0.00000462. The van der Waals surface area contributed by atoms with E-state index in [-0.39, 0.29) is 67.7 Å². The first kappa shape index (κ1) is 37.7. The molecular formula is C27H37Cl2N5O7S2. The smallest absolute Gasteiger partial charge is 0.340 e. The van der Waals surface area contributed by atoms with Crippen molar-refractivity contribution in [1.82, 2.24) is 9.29 Å². The first-order valence-corrected chi connectivity index (χ1v) is 15.8. The van der Waals surface area contributed by atoms with Crippen molar-refractivity contribution >= 4 is 50.9 Å². The molecule has 0 unspecified atom stereocenters. The van der Waals surface area contributed by atoms with Crippen molar-refractivity contribution in [3.05, 3.63) is 78.1 Å². The molecule has 238 valence electrons. The molecule has 12 nitrogen and oxygen atoms in total. The van der Waals surface area contributed by atoms with Gasteiger partial charge in [-0.1, -0.05) is 25.1 Å². The van der Waals surface area contributed by atoms with E-state index in [1.807, 2.05) is 19.1 Å². The number of halogens is 2. The second-order valence-electron chi connectivity index (χ2n) is 8.99. The molecule has 0 aliphatic rings. The van der Waals surface area contributed by atoms with E-state index in [0.717, 1.165) is 5.69 Å². The number of guanidine groups is 1. The average Bonchev–Trinajstić information content (AvgIpc) is 2.92. The summed E-state index contributed by atoms with van der Waals surface area (Å²) in [6, 6.07) is 15.5. The number of ether oxygens (including phenoxy) is 1. The molecule has 0 saturated heterocycles. The highest BCUT2D eigenvalue weighted by atomic mass is 35.5. The van der Waals surface area contributed by atoms with Gasteiger partial charge in [0.05, 0.1) is 6.61 Å². The molecule has 2 aromatic carbocycles. The van der Waals surface area contributed by atoms with Crippen LogP contribution in [0.5, 0.6) is 11.5 Å². The fourth-order valence-corrected chi connectivity index (χ4v) is 7.07. The number of pyridine rings is 1. The van der Waals surface area contributed by atoms with Crippen LogP contribution in [0.4, 0.5) is 0 Å². The Bertz CT molecular complexity index is 1540. The molecule has 1 aromatic heterocycles. The third-order valence-corrected chi connectivity index (χ3v) is 8.99. The van der Waals surface area contributed by atoms with Crippen LogP contribution < -0.4 is 20.4 Å². The first-order chi connectivity index (χ1) is 19.5. The molecule has 0 spiro atoms. The van der Waals surface area contributed by atoms with Gasteiger partial charge < -0.3 is 25.2 Å². The number of aryl methyl sites for hydroxylation is 1. The molecule has 0 atom stereocenters. The van der Waals surface area contributed by atoms with E-state index < -0.39 is 25.0 Å². The summed E-state index contributed by atoms with van der Waals surface area (Å²) in [5.41, 5.74) is 11.8. The summed E-state index contributed by atoms with van der Waals surface area (Å²) in [5.74, 6) is 0.149. The van der Waals surface area contributed by atoms with Crippen molar-refractivity contribution in [3.63, 3.8) is 0 Å². The van der Waals surface area contributed by atoms with Gasteiger partial charge in [0.25, 0.3) is 0 Å². The van der Waals surface area contributed by atoms with Crippen LogP contribution in [-0.2, 0) is 31.4 Å². The Morgan fingerprint density at radius 1 is 0.907 bits per heavy atom. The summed E-state index contributed by atoms with van der Waals surface area (Å²) in [4.78, 5) is 8.34. The Morgan fingerprint density at radius 2 is 1.58 bits per heavy atom. The number of nitrogens with zero attached hydrogens (tertiary/aromatic N) is 3. The van der Waals surface area contributed by atoms with Gasteiger partial charge in [0.15, 0.2) is 0 Å². The van der Waals surface area contributed by atoms with E-state index in [2.05, 4.69) is 10.1 Å². The van der Waals surface area contributed by atoms with Crippen molar-refractivity contribution in [2.45, 2.75) is 42.9 Å². The van der Waals surface area contributed by atoms with E-state index in [1.54, 1.807) is 25.3 Å². The molecule has 0 amide bonds. The van der Waals surface area contributed by atoms with Crippen LogP contribution in [0.2, 0.25) is 0 Å². The number of rotatable bonds is 16. The molecule has 16 heteroatoms. The Hall–Kier alpha value is -3.30. The Labute approximate surface area is 265 Å². The lowest BCUT2D eigenvalue weighted by Gasteiger charge is -2.23. The lowest BCUT2D eigenvalue weighted by atomic mass is 10.2. The van der Waals surface area contributed by atoms with Crippen molar-refractivity contribution in [1.29, 1.82) is 0 Å². The molecule has 3 aromatic rings. The third kappa shape index (κ3) is 11.4. The van der Waals surface area contributed by atoms with Crippen LogP contribution in [-0.4, -0.2) is 58.4 Å². The van der Waals surface area contributed by atoms with Crippen molar-refractivity contribution in [3.8, 4) is 11.5 Å². The van der Waals surface area contributed by atoms with E-state index >= 15 is 0 Å². The number of sulfonamides is 1. The highest BCUT2D eigenvalue weighted by molar-refractivity contribution is 7.91. The minimum atomic E-state index is -4.55. The number of hydrogen-bond acceptors (Lipinski definition) is 9. The fourth-order valence-electron chi connectivity index (χ4n) is 3.85. The van der Waals surface area contributed by atoms with E-state index in [9.17, 15) is 16.8 Å². The molecule has 0 aliphatic carbocycles. The maximum Gasteiger partial charge on any atom is 0.340 e. The molecule has 0 aliphatic heterocycles. The van der Waals surface area contributed by atoms with E-state index in [4.69, 9.17) is 25.2 Å². The molecule has 0 radical (unpaired) electrons. The lowest BCUT2D eigenvalue weighted by molar-refractivity contribution is 0.127. The largest absolute Gasteiger partial charge is 0.493 e. The van der Waals surface area contributed by atoms with Gasteiger partial charge in [-0.25, -0.2) is 8.42 Å². The van der Waals surface area contributed by atoms with Crippen molar-refractivity contribution in [2.75, 3.05) is 26.3 Å². The molecule has 0 fully saturated rings. The zero-order chi connectivity index (χ0) is 29.9. The standard InChI is InChI=1S/C27H35N5O7S2.2ClH/c1-3-14-32(15-12-22-9-6-7-13-30-22)40(33,34)25-10-4-5-11-26(25)41(35,36)39-24-19-21(2)18-23(20-24)37-16-8-17-38-31-27(28)29;;/h4-7,9-11,13,18-20H,3,8,12,14-17H2,1-2H3,(H4,28,29,31);2*1H. The SMILES string of the molecule is CCCN(CCc1ccccn1)S(=O)(=O)c1ccccc1S(=O)(=O)Oc1cc(C)cc(OCCCON=C(N)N)c1.Cl.Cl. The van der Waals surface area contributed by atoms with Crippen LogP contribution >= 0.6 is 24.8 Å². The van der Waals surface area contributed by atoms with Gasteiger partial charge in [0, 0.05) is 43.9 Å². The normalized spacial score (nSPS) is 11.1. The van der Waals surface area contributed by atoms with Gasteiger partial charge in [-0.2, -0.15) is 12.7 Å². The third-order valence-electron chi connectivity index (χ3n) is 5.60. The van der Waals surface area contributed by atoms with Gasteiger partial charge in [0.1, 0.15) is 27.9 Å². The number of aromatic nitrogens is 1. The number of oxime groups is 1. The predicted octanol–water partition coefficient (Wildman–Crippen LogP) is 3.62. The van der Waals surface area contributed by atoms with Gasteiger partial charge in [0.2, 0.25) is 16.0 Å². The van der Waals surface area contributed by atoms with Crippen LogP contribution in [0.25, 0.3) is 0 Å². The van der Waals surface area contributed by atoms with Crippen molar-refractivity contribution < 1.29 is 30.6 Å². The highest BCUT2D eigenvalue weighted by Crippen LogP contribution is 2.30. The van der Waals surface area contributed by atoms with Gasteiger partial charge >= 0.3 is 10.1 Å². The number of benzene rings is 2. The summed E-state index contributed by atoms with van der Waals surface area (Å²) < 4.78 is 66.7. The zero-order valence-electron chi connectivity index (χ0n) is 23.8. The quantitative estimate of drug-likeness (QED) is 0.0748. The van der Waals surface area contributed by atoms with Crippen LogP contribution in [0.1, 0.15) is 31.0 Å². The maximum atomic E-state index is 13.7. The monoisotopic (exact) mass is 677 g/mol. The Morgan fingerprint density at radius 3 is 2.23 bits per heavy atom. The maximum absolute atomic E-state index is 13.7. The summed E-state index contributed by atoms with van der Waals surface area (Å²) in [7, 11) is -8.74. The van der Waals surface area contributed by atoms with Gasteiger partial charge in [-0.3, -0.25) is 4.98 Å². The van der Waals surface area contributed by atoms with E-state index in [0.29, 0.717) is 30.6 Å². The molecule has 0 saturated carbocycles. The number of hydrogen-bond donors (Lipinski definition) is 2. The summed E-state index contributed by atoms with van der Waals surface area (Å²) in [6.45, 7) is 4.39. The number of nitrogens with two attached hydrogens (primary N) is 2. The van der Waals surface area contributed by atoms with Gasteiger partial charge in [-0.15, -0.1) is 24.8 Å². The summed E-state index contributed by atoms with van der Waals surface area (Å²) in [5, 5.41) is 3.42. The van der Waals surface area contributed by atoms with Crippen LogP contribution in [0, 0.1) is 6.92 Å². The second kappa shape index (κ2) is 17.7. The minimum Gasteiger partial charge on any atom is -0.493 e. The molecule has 43 heavy (non-hydrogen) atoms. The van der Waals surface area contributed by atoms with Crippen LogP contribution in [0.3, 0.4) is 0 Å². The minimum absolute atomic E-state index is 0. The molecule has 3 rings (SSSR count). The molecule has 1 heterocycles. The zero-order valence-corrected chi connectivity index (χ0v) is 27.1. The second-order valence-corrected chi connectivity index (χ2v) is 12.4. The molecule has 4 N–H and O–H groups in total. The summed E-state index contributed by atoms with van der Waals surface area (Å²) in [6.07, 6.45) is 3.01. The van der Waals surface area contributed by atoms with E-state index in [1.165, 1.54) is 40.7 Å². The highest BCUT2D eigenvalue weighted by Gasteiger charge is 2.32. The van der Waals surface area contributed by atoms with Crippen LogP contribution in [0.15, 0.2) is 81.8 Å². The molecular weight excluding hydrogens is 641 g/mol.